The minimum atomic E-state index is 0.0233. The summed E-state index contributed by atoms with van der Waals surface area (Å²) in [6, 6.07) is 15.6. The molecule has 24 heavy (non-hydrogen) atoms. The van der Waals surface area contributed by atoms with E-state index in [4.69, 9.17) is 16.3 Å². The average molecular weight is 364 g/mol. The second-order valence-electron chi connectivity index (χ2n) is 5.42. The molecular weight excluding hydrogens is 342 g/mol. The molecular formula is C19H22ClNO2S. The van der Waals surface area contributed by atoms with Crippen molar-refractivity contribution in [3.63, 3.8) is 0 Å². The minimum absolute atomic E-state index is 0.0233. The molecule has 1 N–H and O–H groups in total. The first-order valence-electron chi connectivity index (χ1n) is 7.88. The van der Waals surface area contributed by atoms with Crippen LogP contribution in [0, 0.1) is 0 Å². The van der Waals surface area contributed by atoms with Crippen molar-refractivity contribution in [3.8, 4) is 5.75 Å². The summed E-state index contributed by atoms with van der Waals surface area (Å²) in [5.41, 5.74) is 2.22. The lowest BCUT2D eigenvalue weighted by Crippen LogP contribution is -2.29. The van der Waals surface area contributed by atoms with Crippen molar-refractivity contribution in [2.24, 2.45) is 0 Å². The molecule has 0 aliphatic heterocycles. The Morgan fingerprint density at radius 3 is 2.62 bits per heavy atom. The highest BCUT2D eigenvalue weighted by Gasteiger charge is 2.12. The molecule has 0 heterocycles. The highest BCUT2D eigenvalue weighted by molar-refractivity contribution is 7.99. The van der Waals surface area contributed by atoms with Crippen LogP contribution in [0.5, 0.6) is 5.75 Å². The standard InChI is InChI=1S/C19H22ClNO2S/c1-3-18(15-7-9-17(23-2)10-8-15)21-19(22)13-24-12-14-5-4-6-16(20)11-14/h4-11,18H,3,12-13H2,1-2H3,(H,21,22). The molecule has 128 valence electrons. The number of amides is 1. The summed E-state index contributed by atoms with van der Waals surface area (Å²) >= 11 is 7.55. The fourth-order valence-corrected chi connectivity index (χ4v) is 3.38. The van der Waals surface area contributed by atoms with Gasteiger partial charge in [0, 0.05) is 10.8 Å². The van der Waals surface area contributed by atoms with E-state index in [1.165, 1.54) is 0 Å². The Labute approximate surface area is 152 Å². The Balaban J connectivity index is 1.82. The molecule has 2 aromatic carbocycles. The molecule has 1 atom stereocenters. The van der Waals surface area contributed by atoms with Gasteiger partial charge in [-0.05, 0) is 41.8 Å². The Morgan fingerprint density at radius 1 is 1.25 bits per heavy atom. The van der Waals surface area contributed by atoms with E-state index < -0.39 is 0 Å². The van der Waals surface area contributed by atoms with Crippen LogP contribution in [0.1, 0.15) is 30.5 Å². The first-order chi connectivity index (χ1) is 11.6. The Kier molecular flexibility index (Phi) is 7.47. The van der Waals surface area contributed by atoms with Gasteiger partial charge in [0.25, 0.3) is 0 Å². The highest BCUT2D eigenvalue weighted by Crippen LogP contribution is 2.21. The Hall–Kier alpha value is -1.65. The van der Waals surface area contributed by atoms with Crippen molar-refractivity contribution in [1.82, 2.24) is 5.32 Å². The zero-order chi connectivity index (χ0) is 17.4. The van der Waals surface area contributed by atoms with Crippen molar-refractivity contribution in [3.05, 3.63) is 64.7 Å². The molecule has 2 rings (SSSR count). The molecule has 5 heteroatoms. The summed E-state index contributed by atoms with van der Waals surface area (Å²) in [5.74, 6) is 2.06. The summed E-state index contributed by atoms with van der Waals surface area (Å²) in [7, 11) is 1.64. The molecule has 0 fully saturated rings. The highest BCUT2D eigenvalue weighted by atomic mass is 35.5. The first kappa shape index (κ1) is 18.7. The molecule has 0 bridgehead atoms. The van der Waals surface area contributed by atoms with E-state index in [9.17, 15) is 4.79 Å². The predicted molar refractivity (Wildman–Crippen MR) is 102 cm³/mol. The van der Waals surface area contributed by atoms with Gasteiger partial charge in [-0.2, -0.15) is 0 Å². The van der Waals surface area contributed by atoms with E-state index >= 15 is 0 Å². The maximum atomic E-state index is 12.2. The fraction of sp³-hybridized carbons (Fsp3) is 0.316. The van der Waals surface area contributed by atoms with Gasteiger partial charge in [-0.3, -0.25) is 4.79 Å². The van der Waals surface area contributed by atoms with E-state index in [0.717, 1.165) is 34.1 Å². The number of benzene rings is 2. The summed E-state index contributed by atoms with van der Waals surface area (Å²) < 4.78 is 5.17. The number of carbonyl (C=O) groups is 1. The van der Waals surface area contributed by atoms with Crippen molar-refractivity contribution >= 4 is 29.3 Å². The van der Waals surface area contributed by atoms with E-state index in [-0.39, 0.29) is 11.9 Å². The van der Waals surface area contributed by atoms with Gasteiger partial charge >= 0.3 is 0 Å². The zero-order valence-corrected chi connectivity index (χ0v) is 15.5. The number of thioether (sulfide) groups is 1. The number of carbonyl (C=O) groups excluding carboxylic acids is 1. The van der Waals surface area contributed by atoms with Gasteiger partial charge in [-0.25, -0.2) is 0 Å². The number of methoxy groups -OCH3 is 1. The maximum Gasteiger partial charge on any atom is 0.230 e. The lowest BCUT2D eigenvalue weighted by molar-refractivity contribution is -0.119. The molecule has 0 aliphatic carbocycles. The molecule has 2 aromatic rings. The second-order valence-corrected chi connectivity index (χ2v) is 6.85. The lowest BCUT2D eigenvalue weighted by Gasteiger charge is -2.17. The molecule has 0 aliphatic rings. The van der Waals surface area contributed by atoms with Gasteiger partial charge in [0.05, 0.1) is 18.9 Å². The summed E-state index contributed by atoms with van der Waals surface area (Å²) in [6.45, 7) is 2.06. The van der Waals surface area contributed by atoms with Gasteiger partial charge in [-0.15, -0.1) is 11.8 Å². The Bertz CT molecular complexity index is 661. The van der Waals surface area contributed by atoms with E-state index in [1.807, 2.05) is 48.5 Å². The van der Waals surface area contributed by atoms with Crippen LogP contribution in [-0.2, 0) is 10.5 Å². The van der Waals surface area contributed by atoms with Gasteiger partial charge in [-0.1, -0.05) is 42.8 Å². The third kappa shape index (κ3) is 5.77. The van der Waals surface area contributed by atoms with Crippen LogP contribution in [0.25, 0.3) is 0 Å². The van der Waals surface area contributed by atoms with Crippen molar-refractivity contribution in [2.45, 2.75) is 25.1 Å². The summed E-state index contributed by atoms with van der Waals surface area (Å²) in [4.78, 5) is 12.2. The third-order valence-corrected chi connectivity index (χ3v) is 4.89. The van der Waals surface area contributed by atoms with E-state index in [1.54, 1.807) is 18.9 Å². The van der Waals surface area contributed by atoms with Crippen LogP contribution in [0.2, 0.25) is 5.02 Å². The molecule has 1 unspecified atom stereocenters. The van der Waals surface area contributed by atoms with Crippen LogP contribution in [0.4, 0.5) is 0 Å². The maximum absolute atomic E-state index is 12.2. The van der Waals surface area contributed by atoms with Crippen molar-refractivity contribution in [1.29, 1.82) is 0 Å². The topological polar surface area (TPSA) is 38.3 Å². The molecule has 0 spiro atoms. The van der Waals surface area contributed by atoms with Crippen molar-refractivity contribution in [2.75, 3.05) is 12.9 Å². The SMILES string of the molecule is CCC(NC(=O)CSCc1cccc(Cl)c1)c1ccc(OC)cc1. The number of hydrogen-bond acceptors (Lipinski definition) is 3. The minimum Gasteiger partial charge on any atom is -0.497 e. The number of rotatable bonds is 8. The smallest absolute Gasteiger partial charge is 0.230 e. The largest absolute Gasteiger partial charge is 0.497 e. The average Bonchev–Trinajstić information content (AvgIpc) is 2.60. The quantitative estimate of drug-likeness (QED) is 0.728. The summed E-state index contributed by atoms with van der Waals surface area (Å²) in [5, 5.41) is 3.82. The Morgan fingerprint density at radius 2 is 2.00 bits per heavy atom. The molecule has 0 radical (unpaired) electrons. The molecule has 0 saturated carbocycles. The van der Waals surface area contributed by atoms with Crippen LogP contribution in [0.15, 0.2) is 48.5 Å². The van der Waals surface area contributed by atoms with Crippen LogP contribution in [0.3, 0.4) is 0 Å². The lowest BCUT2D eigenvalue weighted by atomic mass is 10.0. The number of ether oxygens (including phenoxy) is 1. The molecule has 0 saturated heterocycles. The monoisotopic (exact) mass is 363 g/mol. The predicted octanol–water partition coefficient (Wildman–Crippen LogP) is 4.85. The van der Waals surface area contributed by atoms with Crippen LogP contribution in [-0.4, -0.2) is 18.8 Å². The van der Waals surface area contributed by atoms with Gasteiger partial charge in [0.15, 0.2) is 0 Å². The first-order valence-corrected chi connectivity index (χ1v) is 9.41. The number of nitrogens with one attached hydrogen (secondary N) is 1. The van der Waals surface area contributed by atoms with E-state index in [2.05, 4.69) is 12.2 Å². The number of halogens is 1. The second kappa shape index (κ2) is 9.60. The van der Waals surface area contributed by atoms with Gasteiger partial charge < -0.3 is 10.1 Å². The molecule has 3 nitrogen and oxygen atoms in total. The normalized spacial score (nSPS) is 11.8. The van der Waals surface area contributed by atoms with Gasteiger partial charge in [0.2, 0.25) is 5.91 Å². The number of hydrogen-bond donors (Lipinski definition) is 1. The zero-order valence-electron chi connectivity index (χ0n) is 13.9. The van der Waals surface area contributed by atoms with Crippen molar-refractivity contribution < 1.29 is 9.53 Å². The molecule has 0 aromatic heterocycles. The fourth-order valence-electron chi connectivity index (χ4n) is 2.38. The van der Waals surface area contributed by atoms with Gasteiger partial charge in [0.1, 0.15) is 5.75 Å². The van der Waals surface area contributed by atoms with Crippen LogP contribution < -0.4 is 10.1 Å². The molecule has 1 amide bonds. The van der Waals surface area contributed by atoms with Crippen LogP contribution >= 0.6 is 23.4 Å². The van der Waals surface area contributed by atoms with E-state index in [0.29, 0.717) is 5.75 Å². The third-order valence-electron chi connectivity index (χ3n) is 3.65. The summed E-state index contributed by atoms with van der Waals surface area (Å²) in [6.07, 6.45) is 0.844.